The highest BCUT2D eigenvalue weighted by Crippen LogP contribution is 2.28. The number of carbonyl (C=O) groups excluding carboxylic acids is 2. The predicted molar refractivity (Wildman–Crippen MR) is 134 cm³/mol. The van der Waals surface area contributed by atoms with Crippen LogP contribution in [0.4, 0.5) is 4.79 Å². The number of unbranched alkanes of at least 4 members (excludes halogenated alkanes) is 10. The summed E-state index contributed by atoms with van der Waals surface area (Å²) >= 11 is 0. The van der Waals surface area contributed by atoms with Crippen LogP contribution in [0.3, 0.4) is 0 Å². The van der Waals surface area contributed by atoms with Crippen LogP contribution in [0.2, 0.25) is 0 Å². The number of esters is 1. The molecule has 0 radical (unpaired) electrons. The molecule has 1 fully saturated rings. The number of hydrogen-bond donors (Lipinski definition) is 4. The molecule has 11 nitrogen and oxygen atoms in total. The summed E-state index contributed by atoms with van der Waals surface area (Å²) in [5.41, 5.74) is 0.693. The molecule has 36 heavy (non-hydrogen) atoms. The largest absolute Gasteiger partial charge is 0.463 e. The fraction of sp³-hybridized carbons (Fsp3) is 0.760. The van der Waals surface area contributed by atoms with Crippen LogP contribution < -0.4 is 22.0 Å². The lowest BCUT2D eigenvalue weighted by molar-refractivity contribution is -0.149. The van der Waals surface area contributed by atoms with E-state index in [1.165, 1.54) is 67.6 Å². The molecule has 3 atom stereocenters. The van der Waals surface area contributed by atoms with Crippen molar-refractivity contribution in [2.45, 2.75) is 116 Å². The van der Waals surface area contributed by atoms with Gasteiger partial charge < -0.3 is 14.8 Å². The second-order valence-electron chi connectivity index (χ2n) is 9.50. The molecule has 2 heterocycles. The summed E-state index contributed by atoms with van der Waals surface area (Å²) < 4.78 is 12.5. The molecule has 2 rings (SSSR count). The average molecular weight is 511 g/mol. The Kier molecular flexibility index (Phi) is 13.3. The van der Waals surface area contributed by atoms with Gasteiger partial charge in [-0.1, -0.05) is 71.1 Å². The van der Waals surface area contributed by atoms with E-state index in [-0.39, 0.29) is 19.0 Å². The lowest BCUT2D eigenvalue weighted by Crippen LogP contribution is -2.46. The van der Waals surface area contributed by atoms with Gasteiger partial charge in [0.1, 0.15) is 18.9 Å². The van der Waals surface area contributed by atoms with Gasteiger partial charge in [-0.15, -0.1) is 0 Å². The number of hydroxylamine groups is 1. The van der Waals surface area contributed by atoms with Gasteiger partial charge in [0.15, 0.2) is 0 Å². The predicted octanol–water partition coefficient (Wildman–Crippen LogP) is 3.43. The normalized spacial score (nSPS) is 19.2. The molecule has 0 spiro atoms. The van der Waals surface area contributed by atoms with Crippen molar-refractivity contribution in [3.05, 3.63) is 32.6 Å². The molecule has 0 saturated carbocycles. The third-order valence-corrected chi connectivity index (χ3v) is 6.50. The zero-order valence-corrected chi connectivity index (χ0v) is 21.6. The number of nitrogens with zero attached hydrogens (tertiary/aromatic N) is 1. The maximum atomic E-state index is 12.2. The number of amides is 2. The van der Waals surface area contributed by atoms with E-state index in [9.17, 15) is 19.2 Å². The standard InChI is InChI=1S/C25H42N4O7/c1-3-4-5-6-7-8-9-10-11-12-13-14-22(30)35-17-20-19(26-24(32)28-34)15-21(36-20)29-16-18(2)23(31)27-25(29)33/h16,19-21,34H,3-15,17H2,1-2H3,(H2,26,28,32)(H,27,31,33)/t19-,20+,21+/m0/s1. The maximum Gasteiger partial charge on any atom is 0.338 e. The van der Waals surface area contributed by atoms with Crippen molar-refractivity contribution < 1.29 is 24.3 Å². The molecule has 0 bridgehead atoms. The summed E-state index contributed by atoms with van der Waals surface area (Å²) in [6, 6.07) is -1.47. The third-order valence-electron chi connectivity index (χ3n) is 6.50. The highest BCUT2D eigenvalue weighted by atomic mass is 16.6. The molecular formula is C25H42N4O7. The van der Waals surface area contributed by atoms with Gasteiger partial charge in [-0.05, 0) is 13.3 Å². The van der Waals surface area contributed by atoms with Crippen LogP contribution in [-0.2, 0) is 14.3 Å². The lowest BCUT2D eigenvalue weighted by Gasteiger charge is -2.19. The highest BCUT2D eigenvalue weighted by molar-refractivity contribution is 5.73. The number of H-pyrrole nitrogens is 1. The first kappa shape index (κ1) is 29.6. The SMILES string of the molecule is CCCCCCCCCCCCCC(=O)OC[C@H]1O[C@@H](n2cc(C)c(=O)[nH]c2=O)C[C@@H]1NC(=O)NO. The summed E-state index contributed by atoms with van der Waals surface area (Å²) in [6.07, 6.45) is 13.5. The Balaban J connectivity index is 1.73. The number of aryl methyl sites for hydroxylation is 1. The van der Waals surface area contributed by atoms with Crippen LogP contribution in [0.1, 0.15) is 102 Å². The van der Waals surface area contributed by atoms with E-state index < -0.39 is 35.7 Å². The van der Waals surface area contributed by atoms with E-state index in [1.807, 2.05) is 0 Å². The number of urea groups is 1. The minimum absolute atomic E-state index is 0.110. The van der Waals surface area contributed by atoms with Gasteiger partial charge >= 0.3 is 17.7 Å². The van der Waals surface area contributed by atoms with E-state index in [4.69, 9.17) is 14.7 Å². The molecule has 1 aromatic rings. The van der Waals surface area contributed by atoms with E-state index >= 15 is 0 Å². The van der Waals surface area contributed by atoms with E-state index in [0.717, 1.165) is 19.3 Å². The van der Waals surface area contributed by atoms with Gasteiger partial charge in [0.05, 0.1) is 6.04 Å². The molecule has 2 amide bonds. The second-order valence-corrected chi connectivity index (χ2v) is 9.50. The smallest absolute Gasteiger partial charge is 0.338 e. The van der Waals surface area contributed by atoms with Crippen LogP contribution in [-0.4, -0.2) is 45.5 Å². The van der Waals surface area contributed by atoms with Gasteiger partial charge in [0, 0.05) is 24.6 Å². The van der Waals surface area contributed by atoms with Crippen molar-refractivity contribution in [3.63, 3.8) is 0 Å². The molecule has 0 aromatic carbocycles. The number of ether oxygens (including phenoxy) is 2. The Labute approximate surface area is 211 Å². The van der Waals surface area contributed by atoms with Crippen molar-refractivity contribution in [1.82, 2.24) is 20.3 Å². The number of nitrogens with one attached hydrogen (secondary N) is 3. The van der Waals surface area contributed by atoms with E-state index in [0.29, 0.717) is 12.0 Å². The van der Waals surface area contributed by atoms with Crippen LogP contribution in [0.15, 0.2) is 15.8 Å². The molecule has 1 saturated heterocycles. The molecular weight excluding hydrogens is 468 g/mol. The quantitative estimate of drug-likeness (QED) is 0.115. The number of rotatable bonds is 16. The molecule has 1 aliphatic heterocycles. The summed E-state index contributed by atoms with van der Waals surface area (Å²) in [6.45, 7) is 3.68. The first-order valence-corrected chi connectivity index (χ1v) is 13.2. The molecule has 204 valence electrons. The van der Waals surface area contributed by atoms with Gasteiger partial charge in [0.25, 0.3) is 5.56 Å². The van der Waals surface area contributed by atoms with E-state index in [1.54, 1.807) is 6.92 Å². The molecule has 1 aromatic heterocycles. The van der Waals surface area contributed by atoms with Gasteiger partial charge in [-0.2, -0.15) is 0 Å². The first-order chi connectivity index (χ1) is 17.3. The van der Waals surface area contributed by atoms with Crippen LogP contribution >= 0.6 is 0 Å². The molecule has 0 unspecified atom stereocenters. The number of hydrogen-bond acceptors (Lipinski definition) is 7. The van der Waals surface area contributed by atoms with Gasteiger partial charge in [0.2, 0.25) is 0 Å². The van der Waals surface area contributed by atoms with Crippen molar-refractivity contribution in [2.24, 2.45) is 0 Å². The molecule has 0 aliphatic carbocycles. The van der Waals surface area contributed by atoms with Gasteiger partial charge in [-0.3, -0.25) is 24.3 Å². The van der Waals surface area contributed by atoms with Crippen LogP contribution in [0.5, 0.6) is 0 Å². The summed E-state index contributed by atoms with van der Waals surface area (Å²) in [4.78, 5) is 50.0. The zero-order chi connectivity index (χ0) is 26.3. The Bertz CT molecular complexity index is 930. The fourth-order valence-electron chi connectivity index (χ4n) is 4.39. The molecule has 1 aliphatic rings. The average Bonchev–Trinajstić information content (AvgIpc) is 3.25. The lowest BCUT2D eigenvalue weighted by atomic mass is 10.1. The molecule has 4 N–H and O–H groups in total. The van der Waals surface area contributed by atoms with Crippen molar-refractivity contribution >= 4 is 12.0 Å². The second kappa shape index (κ2) is 16.2. The number of aromatic amines is 1. The minimum atomic E-state index is -0.841. The minimum Gasteiger partial charge on any atom is -0.463 e. The maximum absolute atomic E-state index is 12.2. The van der Waals surface area contributed by atoms with Gasteiger partial charge in [-0.25, -0.2) is 15.1 Å². The Morgan fingerprint density at radius 2 is 1.69 bits per heavy atom. The Hall–Kier alpha value is -2.66. The van der Waals surface area contributed by atoms with E-state index in [2.05, 4.69) is 17.2 Å². The summed E-state index contributed by atoms with van der Waals surface area (Å²) in [5, 5.41) is 11.4. The monoisotopic (exact) mass is 510 g/mol. The fourth-order valence-corrected chi connectivity index (χ4v) is 4.39. The highest BCUT2D eigenvalue weighted by Gasteiger charge is 2.38. The van der Waals surface area contributed by atoms with Crippen molar-refractivity contribution in [2.75, 3.05) is 6.61 Å². The Morgan fingerprint density at radius 1 is 1.08 bits per heavy atom. The number of carbonyl (C=O) groups is 2. The zero-order valence-electron chi connectivity index (χ0n) is 21.6. The van der Waals surface area contributed by atoms with Crippen LogP contribution in [0, 0.1) is 6.92 Å². The van der Waals surface area contributed by atoms with Crippen molar-refractivity contribution in [3.8, 4) is 0 Å². The Morgan fingerprint density at radius 3 is 2.31 bits per heavy atom. The molecule has 11 heteroatoms. The third kappa shape index (κ3) is 10.1. The summed E-state index contributed by atoms with van der Waals surface area (Å²) in [7, 11) is 0. The van der Waals surface area contributed by atoms with Crippen LogP contribution in [0.25, 0.3) is 0 Å². The van der Waals surface area contributed by atoms with Crippen molar-refractivity contribution in [1.29, 1.82) is 0 Å². The summed E-state index contributed by atoms with van der Waals surface area (Å²) in [5.74, 6) is -0.347. The number of aromatic nitrogens is 2. The topological polar surface area (TPSA) is 152 Å². The first-order valence-electron chi connectivity index (χ1n) is 13.2.